The maximum Gasteiger partial charge on any atom is 0.246 e. The van der Waals surface area contributed by atoms with Crippen LogP contribution in [-0.4, -0.2) is 35.2 Å². The zero-order chi connectivity index (χ0) is 22.1. The van der Waals surface area contributed by atoms with Gasteiger partial charge in [-0.05, 0) is 34.2 Å². The topological polar surface area (TPSA) is 41.9 Å². The van der Waals surface area contributed by atoms with Gasteiger partial charge in [-0.3, -0.25) is 4.79 Å². The molecule has 2 heterocycles. The number of carbonyl (C=O) groups is 1. The van der Waals surface area contributed by atoms with Crippen LogP contribution in [0.4, 0.5) is 0 Å². The highest BCUT2D eigenvalue weighted by Gasteiger charge is 2.42. The fraction of sp³-hybridized carbons (Fsp3) is 0.385. The van der Waals surface area contributed by atoms with Crippen LogP contribution in [-0.2, 0) is 15.0 Å². The van der Waals surface area contributed by atoms with Gasteiger partial charge in [0.2, 0.25) is 5.91 Å². The second-order valence-corrected chi connectivity index (χ2v) is 10.4. The number of benzene rings is 2. The molecule has 2 aliphatic heterocycles. The largest absolute Gasteiger partial charge is 0.388 e. The van der Waals surface area contributed by atoms with E-state index in [9.17, 15) is 4.79 Å². The summed E-state index contributed by atoms with van der Waals surface area (Å²) in [5.74, 6) is 0.0452. The Balaban J connectivity index is 1.34. The van der Waals surface area contributed by atoms with Crippen LogP contribution in [0.15, 0.2) is 64.2 Å². The summed E-state index contributed by atoms with van der Waals surface area (Å²) in [7, 11) is 0. The number of hydrogen-bond acceptors (Lipinski definition) is 3. The zero-order valence-corrected chi connectivity index (χ0v) is 20.0. The van der Waals surface area contributed by atoms with Crippen LogP contribution in [0, 0.1) is 0 Å². The van der Waals surface area contributed by atoms with Crippen molar-refractivity contribution in [2.24, 2.45) is 5.16 Å². The molecule has 0 saturated carbocycles. The molecule has 1 fully saturated rings. The van der Waals surface area contributed by atoms with Gasteiger partial charge in [-0.25, -0.2) is 0 Å². The lowest BCUT2D eigenvalue weighted by molar-refractivity contribution is -0.131. The third kappa shape index (κ3) is 4.93. The molecule has 2 aromatic carbocycles. The van der Waals surface area contributed by atoms with Crippen molar-refractivity contribution in [2.75, 3.05) is 13.1 Å². The third-order valence-corrected chi connectivity index (χ3v) is 6.89. The molecule has 0 N–H and O–H groups in total. The van der Waals surface area contributed by atoms with Gasteiger partial charge in [0.1, 0.15) is 5.60 Å². The van der Waals surface area contributed by atoms with E-state index in [1.165, 1.54) is 5.56 Å². The van der Waals surface area contributed by atoms with E-state index < -0.39 is 0 Å². The first-order valence-electron chi connectivity index (χ1n) is 10.8. The summed E-state index contributed by atoms with van der Waals surface area (Å²) in [6.45, 7) is 7.95. The first-order valence-corrected chi connectivity index (χ1v) is 11.6. The summed E-state index contributed by atoms with van der Waals surface area (Å²) in [4.78, 5) is 20.5. The molecule has 2 aromatic rings. The van der Waals surface area contributed by atoms with Crippen molar-refractivity contribution >= 4 is 33.6 Å². The molecule has 0 bridgehead atoms. The van der Waals surface area contributed by atoms with Gasteiger partial charge in [0.05, 0.1) is 5.71 Å². The van der Waals surface area contributed by atoms with E-state index in [4.69, 9.17) is 4.84 Å². The molecule has 5 heteroatoms. The molecule has 162 valence electrons. The highest BCUT2D eigenvalue weighted by molar-refractivity contribution is 9.10. The Morgan fingerprint density at radius 3 is 2.48 bits per heavy atom. The van der Waals surface area contributed by atoms with Crippen molar-refractivity contribution in [1.29, 1.82) is 0 Å². The van der Waals surface area contributed by atoms with E-state index in [-0.39, 0.29) is 16.9 Å². The summed E-state index contributed by atoms with van der Waals surface area (Å²) >= 11 is 3.65. The van der Waals surface area contributed by atoms with Gasteiger partial charge in [-0.2, -0.15) is 0 Å². The van der Waals surface area contributed by atoms with Gasteiger partial charge >= 0.3 is 0 Å². The minimum Gasteiger partial charge on any atom is -0.388 e. The Labute approximate surface area is 193 Å². The summed E-state index contributed by atoms with van der Waals surface area (Å²) < 4.78 is 1.01. The lowest BCUT2D eigenvalue weighted by Crippen LogP contribution is -2.46. The Morgan fingerprint density at radius 2 is 1.84 bits per heavy atom. The standard InChI is InChI=1S/C26H29BrN2O2/c1-25(2,3)21-11-9-19(22(27)17-21)10-12-24(30)29-15-13-26(14-16-29)18-23(28-31-26)20-7-5-4-6-8-20/h4-12,17H,13-16,18H2,1-3H3. The van der Waals surface area contributed by atoms with Crippen LogP contribution < -0.4 is 0 Å². The maximum absolute atomic E-state index is 12.8. The lowest BCUT2D eigenvalue weighted by Gasteiger charge is -2.36. The van der Waals surface area contributed by atoms with E-state index in [1.807, 2.05) is 29.2 Å². The highest BCUT2D eigenvalue weighted by Crippen LogP contribution is 2.36. The second-order valence-electron chi connectivity index (χ2n) is 9.50. The third-order valence-electron chi connectivity index (χ3n) is 6.20. The summed E-state index contributed by atoms with van der Waals surface area (Å²) in [6.07, 6.45) is 5.98. The molecule has 0 atom stereocenters. The van der Waals surface area contributed by atoms with Gasteiger partial charge in [0, 0.05) is 42.9 Å². The molecule has 4 nitrogen and oxygen atoms in total. The van der Waals surface area contributed by atoms with Gasteiger partial charge in [0.25, 0.3) is 0 Å². The van der Waals surface area contributed by atoms with Crippen molar-refractivity contribution in [3.8, 4) is 0 Å². The van der Waals surface area contributed by atoms with Crippen LogP contribution in [0.1, 0.15) is 56.7 Å². The van der Waals surface area contributed by atoms with Crippen molar-refractivity contribution in [3.05, 3.63) is 75.8 Å². The Hall–Kier alpha value is -2.40. The quantitative estimate of drug-likeness (QED) is 0.509. The number of carbonyl (C=O) groups excluding carboxylic acids is 1. The maximum atomic E-state index is 12.8. The molecule has 1 saturated heterocycles. The molecule has 2 aliphatic rings. The van der Waals surface area contributed by atoms with E-state index in [0.29, 0.717) is 13.1 Å². The van der Waals surface area contributed by atoms with Crippen LogP contribution in [0.3, 0.4) is 0 Å². The molecule has 0 aromatic heterocycles. The molecule has 0 radical (unpaired) electrons. The monoisotopic (exact) mass is 480 g/mol. The molecule has 4 rings (SSSR count). The summed E-state index contributed by atoms with van der Waals surface area (Å²) in [5.41, 5.74) is 4.22. The average molecular weight is 481 g/mol. The van der Waals surface area contributed by atoms with E-state index in [0.717, 1.165) is 40.6 Å². The first kappa shape index (κ1) is 21.8. The van der Waals surface area contributed by atoms with Gasteiger partial charge in [-0.15, -0.1) is 0 Å². The minimum atomic E-state index is -0.266. The van der Waals surface area contributed by atoms with E-state index in [2.05, 4.69) is 72.2 Å². The van der Waals surface area contributed by atoms with Crippen molar-refractivity contribution in [3.63, 3.8) is 0 Å². The highest BCUT2D eigenvalue weighted by atomic mass is 79.9. The van der Waals surface area contributed by atoms with E-state index >= 15 is 0 Å². The number of piperidine rings is 1. The second kappa shape index (κ2) is 8.62. The summed E-state index contributed by atoms with van der Waals surface area (Å²) in [5, 5.41) is 4.36. The predicted molar refractivity (Wildman–Crippen MR) is 129 cm³/mol. The van der Waals surface area contributed by atoms with E-state index in [1.54, 1.807) is 6.08 Å². The van der Waals surface area contributed by atoms with Crippen LogP contribution >= 0.6 is 15.9 Å². The number of oxime groups is 1. The first-order chi connectivity index (χ1) is 14.8. The Morgan fingerprint density at radius 1 is 1.13 bits per heavy atom. The van der Waals surface area contributed by atoms with Gasteiger partial charge in [-0.1, -0.05) is 84.3 Å². The SMILES string of the molecule is CC(C)(C)c1ccc(C=CC(=O)N2CCC3(CC2)CC(c2ccccc2)=NO3)c(Br)c1. The minimum absolute atomic E-state index is 0.0452. The number of likely N-dealkylation sites (tertiary alicyclic amines) is 1. The number of hydrogen-bond donors (Lipinski definition) is 0. The average Bonchev–Trinajstić information content (AvgIpc) is 3.16. The smallest absolute Gasteiger partial charge is 0.246 e. The van der Waals surface area contributed by atoms with Crippen LogP contribution in [0.2, 0.25) is 0 Å². The number of amides is 1. The molecular formula is C26H29BrN2O2. The van der Waals surface area contributed by atoms with Crippen molar-refractivity contribution in [1.82, 2.24) is 4.90 Å². The molecule has 0 unspecified atom stereocenters. The molecule has 1 spiro atoms. The predicted octanol–water partition coefficient (Wildman–Crippen LogP) is 5.95. The number of rotatable bonds is 3. The zero-order valence-electron chi connectivity index (χ0n) is 18.4. The molecule has 1 amide bonds. The number of nitrogens with zero attached hydrogens (tertiary/aromatic N) is 2. The molecule has 31 heavy (non-hydrogen) atoms. The number of halogens is 1. The normalized spacial score (nSPS) is 18.3. The van der Waals surface area contributed by atoms with Gasteiger partial charge < -0.3 is 9.74 Å². The Kier molecular flexibility index (Phi) is 6.07. The summed E-state index contributed by atoms with van der Waals surface area (Å²) in [6, 6.07) is 16.5. The van der Waals surface area contributed by atoms with Crippen molar-refractivity contribution in [2.45, 2.75) is 51.0 Å². The molecular weight excluding hydrogens is 452 g/mol. The van der Waals surface area contributed by atoms with Crippen molar-refractivity contribution < 1.29 is 9.63 Å². The molecule has 0 aliphatic carbocycles. The van der Waals surface area contributed by atoms with Crippen LogP contribution in [0.25, 0.3) is 6.08 Å². The fourth-order valence-corrected chi connectivity index (χ4v) is 4.62. The fourth-order valence-electron chi connectivity index (χ4n) is 4.10. The Bertz CT molecular complexity index is 1010. The van der Waals surface area contributed by atoms with Gasteiger partial charge in [0.15, 0.2) is 0 Å². The van der Waals surface area contributed by atoms with Crippen LogP contribution in [0.5, 0.6) is 0 Å². The lowest BCUT2D eigenvalue weighted by atomic mass is 9.85.